The first kappa shape index (κ1) is 18.4. The van der Waals surface area contributed by atoms with E-state index in [1.54, 1.807) is 18.3 Å². The van der Waals surface area contributed by atoms with Gasteiger partial charge in [0.25, 0.3) is 11.8 Å². The van der Waals surface area contributed by atoms with E-state index in [0.29, 0.717) is 27.5 Å². The molecular weight excluding hydrogens is 400 g/mol. The van der Waals surface area contributed by atoms with Crippen LogP contribution >= 0.6 is 0 Å². The molecular formula is C27H16N2O3. The van der Waals surface area contributed by atoms with Crippen molar-refractivity contribution in [3.8, 4) is 0 Å². The Balaban J connectivity index is 1.75. The molecule has 5 nitrogen and oxygen atoms in total. The minimum Gasteiger partial charge on any atom is -0.289 e. The van der Waals surface area contributed by atoms with Crippen LogP contribution in [0.5, 0.6) is 0 Å². The van der Waals surface area contributed by atoms with Gasteiger partial charge in [-0.1, -0.05) is 54.6 Å². The second-order valence-electron chi connectivity index (χ2n) is 7.94. The SMILES string of the molecule is CN1C(=O)c2cccc3c2c(c(C(=O)c2cnc4ccccc4c2)c2ccccc23)C1=O. The summed E-state index contributed by atoms with van der Waals surface area (Å²) in [6.45, 7) is 0. The number of benzene rings is 4. The lowest BCUT2D eigenvalue weighted by atomic mass is 9.83. The highest BCUT2D eigenvalue weighted by Crippen LogP contribution is 2.39. The Morgan fingerprint density at radius 1 is 0.812 bits per heavy atom. The van der Waals surface area contributed by atoms with Crippen molar-refractivity contribution in [1.82, 2.24) is 9.88 Å². The number of fused-ring (bicyclic) bond motifs is 3. The molecule has 32 heavy (non-hydrogen) atoms. The van der Waals surface area contributed by atoms with Gasteiger partial charge >= 0.3 is 0 Å². The number of carbonyl (C=O) groups is 3. The zero-order chi connectivity index (χ0) is 22.0. The Kier molecular flexibility index (Phi) is 3.77. The normalized spacial score (nSPS) is 13.3. The standard InChI is InChI=1S/C27H16N2O3/c1-29-26(31)20-11-6-10-18-17-8-3-4-9-19(17)23(24(22(18)20)27(29)32)25(30)16-13-15-7-2-5-12-21(15)28-14-16/h2-14H,1H3. The molecule has 0 saturated heterocycles. The number of para-hydroxylation sites is 1. The second-order valence-corrected chi connectivity index (χ2v) is 7.94. The number of pyridine rings is 1. The lowest BCUT2D eigenvalue weighted by Crippen LogP contribution is -2.38. The zero-order valence-electron chi connectivity index (χ0n) is 17.1. The van der Waals surface area contributed by atoms with E-state index < -0.39 is 5.91 Å². The molecule has 0 atom stereocenters. The molecule has 5 aromatic rings. The lowest BCUT2D eigenvalue weighted by Gasteiger charge is -2.26. The molecule has 152 valence electrons. The van der Waals surface area contributed by atoms with Gasteiger partial charge in [0.1, 0.15) is 0 Å². The minimum atomic E-state index is -0.471. The van der Waals surface area contributed by atoms with Crippen LogP contribution in [0.15, 0.2) is 79.0 Å². The fourth-order valence-electron chi connectivity index (χ4n) is 4.65. The van der Waals surface area contributed by atoms with Gasteiger partial charge in [0.05, 0.1) is 11.1 Å². The number of rotatable bonds is 2. The average molecular weight is 416 g/mol. The van der Waals surface area contributed by atoms with Crippen molar-refractivity contribution in [2.45, 2.75) is 0 Å². The van der Waals surface area contributed by atoms with E-state index in [1.165, 1.54) is 7.05 Å². The van der Waals surface area contributed by atoms with E-state index in [0.717, 1.165) is 26.6 Å². The molecule has 1 aliphatic heterocycles. The van der Waals surface area contributed by atoms with Crippen molar-refractivity contribution in [3.63, 3.8) is 0 Å². The topological polar surface area (TPSA) is 67.3 Å². The predicted octanol–water partition coefficient (Wildman–Crippen LogP) is 5.00. The van der Waals surface area contributed by atoms with Gasteiger partial charge in [0.2, 0.25) is 0 Å². The summed E-state index contributed by atoms with van der Waals surface area (Å²) in [5.74, 6) is -1.13. The molecule has 0 spiro atoms. The third-order valence-electron chi connectivity index (χ3n) is 6.18. The molecule has 0 fully saturated rings. The highest BCUT2D eigenvalue weighted by Gasteiger charge is 2.35. The summed E-state index contributed by atoms with van der Waals surface area (Å²) < 4.78 is 0. The van der Waals surface area contributed by atoms with Crippen LogP contribution in [0.1, 0.15) is 36.6 Å². The van der Waals surface area contributed by atoms with E-state index in [2.05, 4.69) is 4.98 Å². The van der Waals surface area contributed by atoms with Gasteiger partial charge in [-0.05, 0) is 34.4 Å². The van der Waals surface area contributed by atoms with Gasteiger partial charge < -0.3 is 0 Å². The molecule has 5 heteroatoms. The van der Waals surface area contributed by atoms with Crippen LogP contribution in [0.25, 0.3) is 32.4 Å². The van der Waals surface area contributed by atoms with Crippen LogP contribution in [0.2, 0.25) is 0 Å². The molecule has 0 bridgehead atoms. The van der Waals surface area contributed by atoms with E-state index in [-0.39, 0.29) is 17.3 Å². The third kappa shape index (κ3) is 2.39. The summed E-state index contributed by atoms with van der Waals surface area (Å²) in [5, 5.41) is 3.68. The van der Waals surface area contributed by atoms with Crippen LogP contribution in [-0.2, 0) is 0 Å². The maximum Gasteiger partial charge on any atom is 0.261 e. The summed E-state index contributed by atoms with van der Waals surface area (Å²) in [6, 6.07) is 22.3. The molecule has 1 aliphatic rings. The predicted molar refractivity (Wildman–Crippen MR) is 123 cm³/mol. The molecule has 2 amide bonds. The number of nitrogens with zero attached hydrogens (tertiary/aromatic N) is 2. The molecule has 0 N–H and O–H groups in total. The number of hydrogen-bond acceptors (Lipinski definition) is 4. The van der Waals surface area contributed by atoms with Gasteiger partial charge in [-0.2, -0.15) is 0 Å². The summed E-state index contributed by atoms with van der Waals surface area (Å²) in [4.78, 5) is 45.6. The fraction of sp³-hybridized carbons (Fsp3) is 0.0370. The smallest absolute Gasteiger partial charge is 0.261 e. The Morgan fingerprint density at radius 3 is 2.38 bits per heavy atom. The maximum atomic E-state index is 13.9. The van der Waals surface area contributed by atoms with Gasteiger partial charge in [0, 0.05) is 40.7 Å². The van der Waals surface area contributed by atoms with Crippen molar-refractivity contribution in [2.75, 3.05) is 7.05 Å². The van der Waals surface area contributed by atoms with Gasteiger partial charge in [-0.15, -0.1) is 0 Å². The molecule has 0 aliphatic carbocycles. The number of hydrogen-bond donors (Lipinski definition) is 0. The second kappa shape index (κ2) is 6.56. The van der Waals surface area contributed by atoms with Crippen molar-refractivity contribution in [2.24, 2.45) is 0 Å². The van der Waals surface area contributed by atoms with Crippen molar-refractivity contribution < 1.29 is 14.4 Å². The highest BCUT2D eigenvalue weighted by atomic mass is 16.2. The molecule has 0 saturated carbocycles. The number of carbonyl (C=O) groups excluding carboxylic acids is 3. The Morgan fingerprint density at radius 2 is 1.53 bits per heavy atom. The summed E-state index contributed by atoms with van der Waals surface area (Å²) in [6.07, 6.45) is 1.55. The van der Waals surface area contributed by atoms with Crippen LogP contribution in [0, 0.1) is 0 Å². The van der Waals surface area contributed by atoms with Gasteiger partial charge in [-0.25, -0.2) is 0 Å². The number of amides is 2. The lowest BCUT2D eigenvalue weighted by molar-refractivity contribution is 0.0648. The molecule has 0 radical (unpaired) electrons. The summed E-state index contributed by atoms with van der Waals surface area (Å²) >= 11 is 0. The van der Waals surface area contributed by atoms with E-state index in [1.807, 2.05) is 60.7 Å². The van der Waals surface area contributed by atoms with Crippen LogP contribution in [0.3, 0.4) is 0 Å². The minimum absolute atomic E-state index is 0.273. The van der Waals surface area contributed by atoms with Crippen molar-refractivity contribution >= 4 is 50.0 Å². The largest absolute Gasteiger partial charge is 0.289 e. The van der Waals surface area contributed by atoms with Crippen LogP contribution in [-0.4, -0.2) is 34.5 Å². The first-order valence-corrected chi connectivity index (χ1v) is 10.3. The van der Waals surface area contributed by atoms with Gasteiger partial charge in [-0.3, -0.25) is 24.3 Å². The quantitative estimate of drug-likeness (QED) is 0.231. The Labute approximate surface area is 182 Å². The van der Waals surface area contributed by atoms with Crippen molar-refractivity contribution in [3.05, 3.63) is 101 Å². The van der Waals surface area contributed by atoms with Crippen LogP contribution < -0.4 is 0 Å². The molecule has 2 heterocycles. The average Bonchev–Trinajstić information content (AvgIpc) is 2.84. The first-order valence-electron chi connectivity index (χ1n) is 10.3. The number of ketones is 1. The van der Waals surface area contributed by atoms with Crippen LogP contribution in [0.4, 0.5) is 0 Å². The Hall–Kier alpha value is -4.38. The number of aromatic nitrogens is 1. The maximum absolute atomic E-state index is 13.9. The summed E-state index contributed by atoms with van der Waals surface area (Å²) in [5.41, 5.74) is 2.19. The van der Waals surface area contributed by atoms with Gasteiger partial charge in [0.15, 0.2) is 5.78 Å². The zero-order valence-corrected chi connectivity index (χ0v) is 17.1. The molecule has 1 aromatic heterocycles. The van der Waals surface area contributed by atoms with Crippen molar-refractivity contribution in [1.29, 1.82) is 0 Å². The molecule has 0 unspecified atom stereocenters. The molecule has 4 aromatic carbocycles. The van der Waals surface area contributed by atoms with E-state index in [4.69, 9.17) is 0 Å². The Bertz CT molecular complexity index is 1650. The van der Waals surface area contributed by atoms with E-state index in [9.17, 15) is 14.4 Å². The highest BCUT2D eigenvalue weighted by molar-refractivity contribution is 6.35. The molecule has 6 rings (SSSR count). The monoisotopic (exact) mass is 416 g/mol. The number of imide groups is 1. The van der Waals surface area contributed by atoms with E-state index >= 15 is 0 Å². The fourth-order valence-corrected chi connectivity index (χ4v) is 4.65. The first-order chi connectivity index (χ1) is 15.6. The summed E-state index contributed by atoms with van der Waals surface area (Å²) in [7, 11) is 1.45. The third-order valence-corrected chi connectivity index (χ3v) is 6.18.